The van der Waals surface area contributed by atoms with E-state index in [1.807, 2.05) is 12.1 Å². The third-order valence-electron chi connectivity index (χ3n) is 5.08. The maximum atomic E-state index is 13.4. The molecule has 0 fully saturated rings. The van der Waals surface area contributed by atoms with Gasteiger partial charge in [0.1, 0.15) is 11.6 Å². The van der Waals surface area contributed by atoms with Gasteiger partial charge in [-0.15, -0.1) is 0 Å². The molecule has 4 rings (SSSR count). The fourth-order valence-corrected chi connectivity index (χ4v) is 3.36. The number of carbonyl (C=O) groups excluding carboxylic acids is 1. The van der Waals surface area contributed by atoms with Crippen molar-refractivity contribution < 1.29 is 18.4 Å². The van der Waals surface area contributed by atoms with Crippen LogP contribution in [0.1, 0.15) is 34.2 Å². The minimum atomic E-state index is -0.293. The highest BCUT2D eigenvalue weighted by Gasteiger charge is 2.12. The SMILES string of the molecule is Cc1nc(COc2ccc(C(=O)N(C)CCCc3cc(-c4cccc(F)c4)n[nH]3)cc2)no1. The predicted octanol–water partition coefficient (Wildman–Crippen LogP) is 4.19. The Balaban J connectivity index is 1.25. The second-order valence-corrected chi connectivity index (χ2v) is 7.66. The zero-order chi connectivity index (χ0) is 23.2. The highest BCUT2D eigenvalue weighted by Crippen LogP contribution is 2.19. The molecule has 170 valence electrons. The highest BCUT2D eigenvalue weighted by molar-refractivity contribution is 5.94. The van der Waals surface area contributed by atoms with E-state index >= 15 is 0 Å². The predicted molar refractivity (Wildman–Crippen MR) is 119 cm³/mol. The van der Waals surface area contributed by atoms with E-state index in [4.69, 9.17) is 9.26 Å². The van der Waals surface area contributed by atoms with Gasteiger partial charge in [-0.2, -0.15) is 10.1 Å². The van der Waals surface area contributed by atoms with Gasteiger partial charge in [0.15, 0.2) is 6.61 Å². The zero-order valence-electron chi connectivity index (χ0n) is 18.4. The Hall–Kier alpha value is -4.01. The Bertz CT molecular complexity index is 1220. The quantitative estimate of drug-likeness (QED) is 0.412. The van der Waals surface area contributed by atoms with E-state index in [0.717, 1.165) is 24.1 Å². The van der Waals surface area contributed by atoms with Crippen molar-refractivity contribution >= 4 is 5.91 Å². The van der Waals surface area contributed by atoms with Gasteiger partial charge in [0.25, 0.3) is 5.91 Å². The van der Waals surface area contributed by atoms with Crippen LogP contribution in [0.15, 0.2) is 59.1 Å². The van der Waals surface area contributed by atoms with Crippen molar-refractivity contribution in [1.29, 1.82) is 0 Å². The van der Waals surface area contributed by atoms with Gasteiger partial charge in [-0.3, -0.25) is 9.89 Å². The van der Waals surface area contributed by atoms with E-state index in [0.29, 0.717) is 35.3 Å². The molecule has 2 aromatic heterocycles. The highest BCUT2D eigenvalue weighted by atomic mass is 19.1. The maximum Gasteiger partial charge on any atom is 0.253 e. The fourth-order valence-electron chi connectivity index (χ4n) is 3.36. The maximum absolute atomic E-state index is 13.4. The molecule has 0 unspecified atom stereocenters. The number of hydrogen-bond donors (Lipinski definition) is 1. The Morgan fingerprint density at radius 1 is 1.18 bits per heavy atom. The van der Waals surface area contributed by atoms with E-state index in [2.05, 4.69) is 20.3 Å². The first-order chi connectivity index (χ1) is 16.0. The van der Waals surface area contributed by atoms with Crippen LogP contribution in [0, 0.1) is 12.7 Å². The second-order valence-electron chi connectivity index (χ2n) is 7.66. The van der Waals surface area contributed by atoms with Crippen molar-refractivity contribution in [3.63, 3.8) is 0 Å². The zero-order valence-corrected chi connectivity index (χ0v) is 18.4. The number of amides is 1. The number of aryl methyl sites for hydroxylation is 2. The van der Waals surface area contributed by atoms with Gasteiger partial charge < -0.3 is 14.2 Å². The van der Waals surface area contributed by atoms with Gasteiger partial charge >= 0.3 is 0 Å². The number of H-pyrrole nitrogens is 1. The van der Waals surface area contributed by atoms with Gasteiger partial charge in [0, 0.05) is 37.3 Å². The molecule has 4 aromatic rings. The molecular formula is C24H24FN5O3. The second kappa shape index (κ2) is 10.1. The largest absolute Gasteiger partial charge is 0.485 e. The smallest absolute Gasteiger partial charge is 0.253 e. The molecule has 33 heavy (non-hydrogen) atoms. The lowest BCUT2D eigenvalue weighted by molar-refractivity contribution is 0.0793. The van der Waals surface area contributed by atoms with Crippen LogP contribution in [-0.2, 0) is 13.0 Å². The average Bonchev–Trinajstić information content (AvgIpc) is 3.46. The number of ether oxygens (including phenoxy) is 1. The van der Waals surface area contributed by atoms with Gasteiger partial charge in [0.2, 0.25) is 11.7 Å². The lowest BCUT2D eigenvalue weighted by Gasteiger charge is -2.17. The number of hydrogen-bond acceptors (Lipinski definition) is 6. The summed E-state index contributed by atoms with van der Waals surface area (Å²) in [6.45, 7) is 2.49. The minimum Gasteiger partial charge on any atom is -0.485 e. The molecule has 0 bridgehead atoms. The molecule has 8 nitrogen and oxygen atoms in total. The molecule has 0 spiro atoms. The molecule has 0 aliphatic rings. The summed E-state index contributed by atoms with van der Waals surface area (Å²) in [6.07, 6.45) is 1.49. The molecule has 0 aliphatic heterocycles. The number of aromatic amines is 1. The number of nitrogens with zero attached hydrogens (tertiary/aromatic N) is 4. The van der Waals surface area contributed by atoms with Gasteiger partial charge in [-0.05, 0) is 55.3 Å². The Kier molecular flexibility index (Phi) is 6.77. The van der Waals surface area contributed by atoms with Crippen LogP contribution in [0.5, 0.6) is 5.75 Å². The first-order valence-electron chi connectivity index (χ1n) is 10.6. The van der Waals surface area contributed by atoms with Gasteiger partial charge in [0.05, 0.1) is 5.69 Å². The molecule has 0 atom stereocenters. The van der Waals surface area contributed by atoms with Crippen LogP contribution < -0.4 is 4.74 Å². The lowest BCUT2D eigenvalue weighted by Crippen LogP contribution is -2.28. The standard InChI is InChI=1S/C24H24FN5O3/c1-16-26-23(29-33-16)15-32-21-10-8-17(9-11-21)24(31)30(2)12-4-7-20-14-22(28-27-20)18-5-3-6-19(25)13-18/h3,5-6,8-11,13-14H,4,7,12,15H2,1-2H3,(H,27,28). The van der Waals surface area contributed by atoms with E-state index < -0.39 is 0 Å². The summed E-state index contributed by atoms with van der Waals surface area (Å²) < 4.78 is 23.9. The molecule has 0 saturated heterocycles. The third kappa shape index (κ3) is 5.82. The van der Waals surface area contributed by atoms with Crippen LogP contribution in [0.4, 0.5) is 4.39 Å². The number of rotatable bonds is 9. The van der Waals surface area contributed by atoms with Crippen molar-refractivity contribution in [2.45, 2.75) is 26.4 Å². The van der Waals surface area contributed by atoms with Crippen molar-refractivity contribution in [2.75, 3.05) is 13.6 Å². The van der Waals surface area contributed by atoms with E-state index in [1.54, 1.807) is 49.2 Å². The van der Waals surface area contributed by atoms with Crippen LogP contribution in [0.25, 0.3) is 11.3 Å². The lowest BCUT2D eigenvalue weighted by atomic mass is 10.1. The molecule has 1 N–H and O–H groups in total. The molecular weight excluding hydrogens is 425 g/mol. The summed E-state index contributed by atoms with van der Waals surface area (Å²) in [6, 6.07) is 15.2. The topological polar surface area (TPSA) is 97.1 Å². The molecule has 0 radical (unpaired) electrons. The molecule has 2 heterocycles. The van der Waals surface area contributed by atoms with Crippen molar-refractivity contribution in [2.24, 2.45) is 0 Å². The summed E-state index contributed by atoms with van der Waals surface area (Å²) in [5.41, 5.74) is 2.94. The van der Waals surface area contributed by atoms with Crippen molar-refractivity contribution in [1.82, 2.24) is 25.2 Å². The number of halogens is 1. The number of aromatic nitrogens is 4. The molecule has 2 aromatic carbocycles. The summed E-state index contributed by atoms with van der Waals surface area (Å²) in [5.74, 6) is 1.20. The number of carbonyl (C=O) groups is 1. The fraction of sp³-hybridized carbons (Fsp3) is 0.250. The van der Waals surface area contributed by atoms with Gasteiger partial charge in [-0.1, -0.05) is 17.3 Å². The first-order valence-corrected chi connectivity index (χ1v) is 10.6. The Labute approximate surface area is 190 Å². The monoisotopic (exact) mass is 449 g/mol. The molecule has 1 amide bonds. The first kappa shape index (κ1) is 22.2. The van der Waals surface area contributed by atoms with Crippen LogP contribution in [0.2, 0.25) is 0 Å². The Morgan fingerprint density at radius 3 is 2.73 bits per heavy atom. The van der Waals surface area contributed by atoms with Crippen LogP contribution >= 0.6 is 0 Å². The Morgan fingerprint density at radius 2 is 2.00 bits per heavy atom. The summed E-state index contributed by atoms with van der Waals surface area (Å²) in [7, 11) is 1.77. The molecule has 9 heteroatoms. The third-order valence-corrected chi connectivity index (χ3v) is 5.08. The average molecular weight is 449 g/mol. The van der Waals surface area contributed by atoms with Gasteiger partial charge in [-0.25, -0.2) is 4.39 Å². The number of benzene rings is 2. The van der Waals surface area contributed by atoms with E-state index in [-0.39, 0.29) is 18.3 Å². The molecule has 0 saturated carbocycles. The van der Waals surface area contributed by atoms with Crippen LogP contribution in [-0.4, -0.2) is 44.7 Å². The van der Waals surface area contributed by atoms with Crippen molar-refractivity contribution in [3.8, 4) is 17.0 Å². The van der Waals surface area contributed by atoms with E-state index in [9.17, 15) is 9.18 Å². The minimum absolute atomic E-state index is 0.0691. The normalized spacial score (nSPS) is 10.9. The molecule has 0 aliphatic carbocycles. The summed E-state index contributed by atoms with van der Waals surface area (Å²) >= 11 is 0. The number of nitrogens with one attached hydrogen (secondary N) is 1. The van der Waals surface area contributed by atoms with E-state index in [1.165, 1.54) is 12.1 Å². The summed E-state index contributed by atoms with van der Waals surface area (Å²) in [5, 5.41) is 11.0. The van der Waals surface area contributed by atoms with Crippen molar-refractivity contribution in [3.05, 3.63) is 83.4 Å². The van der Waals surface area contributed by atoms with Crippen LogP contribution in [0.3, 0.4) is 0 Å². The summed E-state index contributed by atoms with van der Waals surface area (Å²) in [4.78, 5) is 18.5.